The van der Waals surface area contributed by atoms with Crippen molar-refractivity contribution in [1.29, 1.82) is 0 Å². The van der Waals surface area contributed by atoms with Gasteiger partial charge in [-0.25, -0.2) is 0 Å². The molecule has 0 aromatic carbocycles. The van der Waals surface area contributed by atoms with Gasteiger partial charge in [0.05, 0.1) is 52.9 Å². The molecule has 206 valence electrons. The van der Waals surface area contributed by atoms with E-state index in [9.17, 15) is 0 Å². The van der Waals surface area contributed by atoms with Crippen LogP contribution in [0.1, 0.15) is 117 Å². The molecule has 0 aliphatic carbocycles. The first-order valence-electron chi connectivity index (χ1n) is 14.7. The topological polar surface area (TPSA) is 46.2 Å². The van der Waals surface area contributed by atoms with E-state index in [2.05, 4.69) is 20.8 Å². The van der Waals surface area contributed by atoms with Crippen LogP contribution in [0.2, 0.25) is 0 Å². The minimum absolute atomic E-state index is 0.602. The Balaban J connectivity index is 3.02. The second-order valence-electron chi connectivity index (χ2n) is 9.63. The fourth-order valence-electron chi connectivity index (χ4n) is 3.68. The molecule has 0 N–H and O–H groups in total. The van der Waals surface area contributed by atoms with Gasteiger partial charge in [-0.1, -0.05) is 111 Å². The third kappa shape index (κ3) is 29.8. The van der Waals surface area contributed by atoms with Crippen LogP contribution in [0.25, 0.3) is 0 Å². The Morgan fingerprint density at radius 1 is 0.382 bits per heavy atom. The molecule has 0 radical (unpaired) electrons. The van der Waals surface area contributed by atoms with E-state index in [1.165, 1.54) is 89.9 Å². The van der Waals surface area contributed by atoms with E-state index in [-0.39, 0.29) is 0 Å². The summed E-state index contributed by atoms with van der Waals surface area (Å²) in [5, 5.41) is 0. The summed E-state index contributed by atoms with van der Waals surface area (Å²) in [5.74, 6) is 0.623. The molecule has 0 heterocycles. The van der Waals surface area contributed by atoms with Gasteiger partial charge in [0.2, 0.25) is 0 Å². The van der Waals surface area contributed by atoms with Gasteiger partial charge in [0.15, 0.2) is 0 Å². The quantitative estimate of drug-likeness (QED) is 0.0974. The first-order chi connectivity index (χ1) is 16.8. The van der Waals surface area contributed by atoms with Crippen molar-refractivity contribution < 1.29 is 23.7 Å². The van der Waals surface area contributed by atoms with Crippen LogP contribution >= 0.6 is 0 Å². The lowest BCUT2D eigenvalue weighted by atomic mass is 10.0. The third-order valence-electron chi connectivity index (χ3n) is 6.23. The molecule has 5 heteroatoms. The molecule has 0 saturated heterocycles. The molecule has 1 atom stereocenters. The first-order valence-corrected chi connectivity index (χ1v) is 14.7. The van der Waals surface area contributed by atoms with Crippen molar-refractivity contribution in [2.75, 3.05) is 66.1 Å². The van der Waals surface area contributed by atoms with Crippen LogP contribution in [0, 0.1) is 5.92 Å². The molecule has 0 rings (SSSR count). The predicted octanol–water partition coefficient (Wildman–Crippen LogP) is 7.60. The number of unbranched alkanes of at least 4 members (excludes halogenated alkanes) is 13. The molecular weight excluding hydrogens is 428 g/mol. The lowest BCUT2D eigenvalue weighted by molar-refractivity contribution is -0.0133. The summed E-state index contributed by atoms with van der Waals surface area (Å²) in [5.41, 5.74) is 0. The second kappa shape index (κ2) is 30.8. The van der Waals surface area contributed by atoms with Crippen molar-refractivity contribution in [2.24, 2.45) is 5.92 Å². The van der Waals surface area contributed by atoms with Gasteiger partial charge >= 0.3 is 0 Å². The normalized spacial score (nSPS) is 12.4. The standard InChI is InChI=1S/C29H60O5/c1-4-6-7-8-9-10-11-12-13-14-15-16-17-18-19-30-20-21-31-22-23-32-24-25-33-26-27-34-28-29(3)5-2/h29H,4-28H2,1-3H3. The van der Waals surface area contributed by atoms with Crippen molar-refractivity contribution in [1.82, 2.24) is 0 Å². The van der Waals surface area contributed by atoms with Gasteiger partial charge in [-0.3, -0.25) is 0 Å². The van der Waals surface area contributed by atoms with Gasteiger partial charge in [0, 0.05) is 13.2 Å². The van der Waals surface area contributed by atoms with Crippen LogP contribution in [-0.2, 0) is 23.7 Å². The Morgan fingerprint density at radius 3 is 1.09 bits per heavy atom. The van der Waals surface area contributed by atoms with Gasteiger partial charge in [-0.05, 0) is 12.3 Å². The van der Waals surface area contributed by atoms with Crippen LogP contribution in [0.4, 0.5) is 0 Å². The molecule has 1 unspecified atom stereocenters. The maximum absolute atomic E-state index is 5.66. The van der Waals surface area contributed by atoms with Crippen molar-refractivity contribution in [3.63, 3.8) is 0 Å². The molecule has 0 aliphatic heterocycles. The SMILES string of the molecule is CCCCCCCCCCCCCCCCOCCOCCOCCOCCOCC(C)CC. The van der Waals surface area contributed by atoms with E-state index < -0.39 is 0 Å². The Morgan fingerprint density at radius 2 is 0.706 bits per heavy atom. The summed E-state index contributed by atoms with van der Waals surface area (Å²) >= 11 is 0. The molecule has 0 aromatic heterocycles. The average Bonchev–Trinajstić information content (AvgIpc) is 2.85. The van der Waals surface area contributed by atoms with Crippen molar-refractivity contribution >= 4 is 0 Å². The van der Waals surface area contributed by atoms with Gasteiger partial charge in [0.1, 0.15) is 0 Å². The largest absolute Gasteiger partial charge is 0.379 e. The highest BCUT2D eigenvalue weighted by atomic mass is 16.6. The van der Waals surface area contributed by atoms with Gasteiger partial charge in [-0.15, -0.1) is 0 Å². The first kappa shape index (κ1) is 33.8. The molecule has 0 amide bonds. The average molecular weight is 489 g/mol. The summed E-state index contributed by atoms with van der Waals surface area (Å²) in [6.45, 7) is 13.4. The van der Waals surface area contributed by atoms with Crippen LogP contribution in [-0.4, -0.2) is 66.1 Å². The highest BCUT2D eigenvalue weighted by Gasteiger charge is 1.98. The Labute approximate surface area is 213 Å². The number of ether oxygens (including phenoxy) is 5. The minimum Gasteiger partial charge on any atom is -0.379 e. The maximum atomic E-state index is 5.66. The monoisotopic (exact) mass is 488 g/mol. The molecule has 0 bridgehead atoms. The molecule has 34 heavy (non-hydrogen) atoms. The van der Waals surface area contributed by atoms with E-state index in [0.29, 0.717) is 58.8 Å². The van der Waals surface area contributed by atoms with Gasteiger partial charge < -0.3 is 23.7 Å². The summed E-state index contributed by atoms with van der Waals surface area (Å²) in [4.78, 5) is 0. The lowest BCUT2D eigenvalue weighted by Crippen LogP contribution is -2.14. The smallest absolute Gasteiger partial charge is 0.0701 e. The zero-order valence-corrected chi connectivity index (χ0v) is 23.3. The van der Waals surface area contributed by atoms with Crippen LogP contribution in [0.15, 0.2) is 0 Å². The van der Waals surface area contributed by atoms with E-state index in [1.807, 2.05) is 0 Å². The van der Waals surface area contributed by atoms with Crippen LogP contribution in [0.3, 0.4) is 0 Å². The molecule has 0 aromatic rings. The predicted molar refractivity (Wildman–Crippen MR) is 144 cm³/mol. The van der Waals surface area contributed by atoms with E-state index >= 15 is 0 Å². The van der Waals surface area contributed by atoms with Gasteiger partial charge in [-0.2, -0.15) is 0 Å². The Kier molecular flexibility index (Phi) is 30.6. The molecule has 5 nitrogen and oxygen atoms in total. The summed E-state index contributed by atoms with van der Waals surface area (Å²) in [6.07, 6.45) is 20.6. The van der Waals surface area contributed by atoms with Crippen molar-refractivity contribution in [3.05, 3.63) is 0 Å². The van der Waals surface area contributed by atoms with E-state index in [1.54, 1.807) is 0 Å². The van der Waals surface area contributed by atoms with Crippen molar-refractivity contribution in [2.45, 2.75) is 117 Å². The molecule has 0 fully saturated rings. The summed E-state index contributed by atoms with van der Waals surface area (Å²) in [7, 11) is 0. The second-order valence-corrected chi connectivity index (χ2v) is 9.63. The number of hydrogen-bond acceptors (Lipinski definition) is 5. The zero-order chi connectivity index (χ0) is 24.8. The van der Waals surface area contributed by atoms with Crippen LogP contribution < -0.4 is 0 Å². The third-order valence-corrected chi connectivity index (χ3v) is 6.23. The summed E-state index contributed by atoms with van der Waals surface area (Å²) in [6, 6.07) is 0. The fraction of sp³-hybridized carbons (Fsp3) is 1.00. The molecule has 0 spiro atoms. The van der Waals surface area contributed by atoms with E-state index in [4.69, 9.17) is 23.7 Å². The zero-order valence-electron chi connectivity index (χ0n) is 23.3. The number of rotatable bonds is 30. The molecular formula is C29H60O5. The highest BCUT2D eigenvalue weighted by Crippen LogP contribution is 2.12. The Hall–Kier alpha value is -0.200. The highest BCUT2D eigenvalue weighted by molar-refractivity contribution is 4.49. The molecule has 0 aliphatic rings. The minimum atomic E-state index is 0.602. The summed E-state index contributed by atoms with van der Waals surface area (Å²) < 4.78 is 27.7. The fourth-order valence-corrected chi connectivity index (χ4v) is 3.68. The molecule has 0 saturated carbocycles. The Bertz CT molecular complexity index is 353. The lowest BCUT2D eigenvalue weighted by Gasteiger charge is -2.10. The van der Waals surface area contributed by atoms with Crippen molar-refractivity contribution in [3.8, 4) is 0 Å². The van der Waals surface area contributed by atoms with Crippen LogP contribution in [0.5, 0.6) is 0 Å². The maximum Gasteiger partial charge on any atom is 0.0701 e. The number of hydrogen-bond donors (Lipinski definition) is 0. The van der Waals surface area contributed by atoms with Gasteiger partial charge in [0.25, 0.3) is 0 Å². The van der Waals surface area contributed by atoms with E-state index in [0.717, 1.165) is 19.6 Å².